The standard InChI is InChI=1S/C16H21NO4/c1-3-4-10-21-12(2)15(18)17-14(16(19)20)11-13-8-6-5-7-9-13/h3,5-9,12,14H,1,4,10-11H2,2H3,(H,17,18)(H,19,20)/t12?,14-/m0/s1. The molecule has 0 spiro atoms. The predicted molar refractivity (Wildman–Crippen MR) is 79.9 cm³/mol. The van der Waals surface area contributed by atoms with Crippen molar-refractivity contribution in [3.63, 3.8) is 0 Å². The van der Waals surface area contributed by atoms with Crippen LogP contribution in [-0.2, 0) is 20.7 Å². The molecule has 1 unspecified atom stereocenters. The van der Waals surface area contributed by atoms with Crippen LogP contribution in [0.2, 0.25) is 0 Å². The zero-order valence-corrected chi connectivity index (χ0v) is 12.1. The lowest BCUT2D eigenvalue weighted by Crippen LogP contribution is -2.46. The van der Waals surface area contributed by atoms with Gasteiger partial charge in [-0.3, -0.25) is 4.79 Å². The molecule has 2 N–H and O–H groups in total. The monoisotopic (exact) mass is 291 g/mol. The van der Waals surface area contributed by atoms with Gasteiger partial charge in [0, 0.05) is 6.42 Å². The minimum atomic E-state index is -1.06. The second-order valence-electron chi connectivity index (χ2n) is 4.68. The van der Waals surface area contributed by atoms with Crippen molar-refractivity contribution >= 4 is 11.9 Å². The summed E-state index contributed by atoms with van der Waals surface area (Å²) in [7, 11) is 0. The van der Waals surface area contributed by atoms with E-state index in [-0.39, 0.29) is 6.42 Å². The van der Waals surface area contributed by atoms with Crippen LogP contribution in [-0.4, -0.2) is 35.7 Å². The first-order valence-corrected chi connectivity index (χ1v) is 6.84. The van der Waals surface area contributed by atoms with E-state index in [2.05, 4.69) is 11.9 Å². The molecular formula is C16H21NO4. The molecule has 0 bridgehead atoms. The van der Waals surface area contributed by atoms with E-state index in [0.29, 0.717) is 13.0 Å². The molecule has 2 atom stereocenters. The number of carboxylic acids is 1. The molecule has 1 rings (SSSR count). The summed E-state index contributed by atoms with van der Waals surface area (Å²) in [5.74, 6) is -1.49. The van der Waals surface area contributed by atoms with E-state index < -0.39 is 24.0 Å². The second-order valence-corrected chi connectivity index (χ2v) is 4.68. The van der Waals surface area contributed by atoms with Gasteiger partial charge in [0.2, 0.25) is 5.91 Å². The van der Waals surface area contributed by atoms with E-state index in [1.807, 2.05) is 30.3 Å². The Hall–Kier alpha value is -2.14. The first-order chi connectivity index (χ1) is 10.0. The first kappa shape index (κ1) is 16.9. The van der Waals surface area contributed by atoms with Crippen molar-refractivity contribution < 1.29 is 19.4 Å². The normalized spacial score (nSPS) is 13.2. The number of carbonyl (C=O) groups is 2. The minimum Gasteiger partial charge on any atom is -0.480 e. The lowest BCUT2D eigenvalue weighted by atomic mass is 10.1. The highest BCUT2D eigenvalue weighted by Crippen LogP contribution is 2.04. The molecular weight excluding hydrogens is 270 g/mol. The number of benzene rings is 1. The molecule has 1 aromatic rings. The Kier molecular flexibility index (Phi) is 7.18. The molecule has 0 aliphatic carbocycles. The predicted octanol–water partition coefficient (Wildman–Crippen LogP) is 1.78. The van der Waals surface area contributed by atoms with Crippen LogP contribution < -0.4 is 5.32 Å². The fraction of sp³-hybridized carbons (Fsp3) is 0.375. The van der Waals surface area contributed by atoms with Crippen molar-refractivity contribution in [3.05, 3.63) is 48.6 Å². The Bertz CT molecular complexity index is 472. The topological polar surface area (TPSA) is 75.6 Å². The summed E-state index contributed by atoms with van der Waals surface area (Å²) in [6.07, 6.45) is 1.88. The second kappa shape index (κ2) is 8.92. The number of carboxylic acid groups (broad SMARTS) is 1. The smallest absolute Gasteiger partial charge is 0.326 e. The Morgan fingerprint density at radius 3 is 2.62 bits per heavy atom. The maximum atomic E-state index is 11.9. The Morgan fingerprint density at radius 1 is 1.38 bits per heavy atom. The third kappa shape index (κ3) is 6.23. The highest BCUT2D eigenvalue weighted by atomic mass is 16.5. The van der Waals surface area contributed by atoms with Crippen molar-refractivity contribution in [2.24, 2.45) is 0 Å². The average Bonchev–Trinajstić information content (AvgIpc) is 2.47. The van der Waals surface area contributed by atoms with Gasteiger partial charge in [-0.1, -0.05) is 36.4 Å². The van der Waals surface area contributed by atoms with Gasteiger partial charge in [-0.15, -0.1) is 6.58 Å². The van der Waals surface area contributed by atoms with Crippen LogP contribution in [0.3, 0.4) is 0 Å². The van der Waals surface area contributed by atoms with Crippen LogP contribution in [0.4, 0.5) is 0 Å². The number of amides is 1. The third-order valence-electron chi connectivity index (χ3n) is 2.96. The Labute approximate surface area is 124 Å². The third-order valence-corrected chi connectivity index (χ3v) is 2.96. The van der Waals surface area contributed by atoms with Crippen molar-refractivity contribution in [2.45, 2.75) is 31.9 Å². The van der Waals surface area contributed by atoms with Crippen LogP contribution in [0.15, 0.2) is 43.0 Å². The summed E-state index contributed by atoms with van der Waals surface area (Å²) >= 11 is 0. The summed E-state index contributed by atoms with van der Waals surface area (Å²) in [6, 6.07) is 8.20. The average molecular weight is 291 g/mol. The number of hydrogen-bond acceptors (Lipinski definition) is 3. The van der Waals surface area contributed by atoms with Crippen LogP contribution in [0.25, 0.3) is 0 Å². The SMILES string of the molecule is C=CCCOC(C)C(=O)N[C@@H](Cc1ccccc1)C(=O)O. The maximum Gasteiger partial charge on any atom is 0.326 e. The zero-order valence-electron chi connectivity index (χ0n) is 12.1. The molecule has 0 aliphatic rings. The molecule has 1 aromatic carbocycles. The van der Waals surface area contributed by atoms with Gasteiger partial charge in [0.15, 0.2) is 0 Å². The van der Waals surface area contributed by atoms with Crippen molar-refractivity contribution in [1.29, 1.82) is 0 Å². The molecule has 5 nitrogen and oxygen atoms in total. The molecule has 1 amide bonds. The van der Waals surface area contributed by atoms with Crippen molar-refractivity contribution in [2.75, 3.05) is 6.61 Å². The van der Waals surface area contributed by atoms with Crippen molar-refractivity contribution in [3.8, 4) is 0 Å². The fourth-order valence-corrected chi connectivity index (χ4v) is 1.74. The van der Waals surface area contributed by atoms with E-state index in [1.54, 1.807) is 13.0 Å². The van der Waals surface area contributed by atoms with Crippen LogP contribution in [0, 0.1) is 0 Å². The maximum absolute atomic E-state index is 11.9. The molecule has 0 saturated carbocycles. The molecule has 0 fully saturated rings. The van der Waals surface area contributed by atoms with Gasteiger partial charge in [-0.2, -0.15) is 0 Å². The minimum absolute atomic E-state index is 0.237. The van der Waals surface area contributed by atoms with E-state index >= 15 is 0 Å². The Morgan fingerprint density at radius 2 is 2.05 bits per heavy atom. The fourth-order valence-electron chi connectivity index (χ4n) is 1.74. The zero-order chi connectivity index (χ0) is 15.7. The van der Waals surface area contributed by atoms with Gasteiger partial charge in [0.05, 0.1) is 6.61 Å². The highest BCUT2D eigenvalue weighted by molar-refractivity contribution is 5.86. The van der Waals surface area contributed by atoms with Gasteiger partial charge in [0.1, 0.15) is 12.1 Å². The van der Waals surface area contributed by atoms with Crippen molar-refractivity contribution in [1.82, 2.24) is 5.32 Å². The van der Waals surface area contributed by atoms with Crippen LogP contribution in [0.1, 0.15) is 18.9 Å². The molecule has 0 aliphatic heterocycles. The van der Waals surface area contributed by atoms with E-state index in [0.717, 1.165) is 5.56 Å². The molecule has 5 heteroatoms. The summed E-state index contributed by atoms with van der Waals surface area (Å²) < 4.78 is 5.30. The van der Waals surface area contributed by atoms with Gasteiger partial charge in [-0.25, -0.2) is 4.79 Å². The molecule has 0 aromatic heterocycles. The summed E-state index contributed by atoms with van der Waals surface area (Å²) in [4.78, 5) is 23.2. The number of carbonyl (C=O) groups excluding carboxylic acids is 1. The summed E-state index contributed by atoms with van der Waals surface area (Å²) in [6.45, 7) is 5.54. The molecule has 0 radical (unpaired) electrons. The molecule has 0 saturated heterocycles. The van der Waals surface area contributed by atoms with Gasteiger partial charge < -0.3 is 15.2 Å². The number of aliphatic carboxylic acids is 1. The number of hydrogen-bond donors (Lipinski definition) is 2. The molecule has 21 heavy (non-hydrogen) atoms. The largest absolute Gasteiger partial charge is 0.480 e. The van der Waals surface area contributed by atoms with E-state index in [9.17, 15) is 14.7 Å². The summed E-state index contributed by atoms with van der Waals surface area (Å²) in [5, 5.41) is 11.7. The van der Waals surface area contributed by atoms with E-state index in [4.69, 9.17) is 4.74 Å². The number of rotatable bonds is 9. The number of ether oxygens (including phenoxy) is 1. The van der Waals surface area contributed by atoms with Gasteiger partial charge in [0.25, 0.3) is 0 Å². The van der Waals surface area contributed by atoms with E-state index in [1.165, 1.54) is 0 Å². The summed E-state index contributed by atoms with van der Waals surface area (Å²) in [5.41, 5.74) is 0.852. The van der Waals surface area contributed by atoms with Crippen LogP contribution >= 0.6 is 0 Å². The Balaban J connectivity index is 2.55. The highest BCUT2D eigenvalue weighted by Gasteiger charge is 2.23. The lowest BCUT2D eigenvalue weighted by Gasteiger charge is -2.18. The van der Waals surface area contributed by atoms with Gasteiger partial charge in [-0.05, 0) is 18.9 Å². The molecule has 114 valence electrons. The number of nitrogens with one attached hydrogen (secondary N) is 1. The molecule has 0 heterocycles. The van der Waals surface area contributed by atoms with Crippen LogP contribution in [0.5, 0.6) is 0 Å². The lowest BCUT2D eigenvalue weighted by molar-refractivity contribution is -0.144. The van der Waals surface area contributed by atoms with Gasteiger partial charge >= 0.3 is 5.97 Å². The quantitative estimate of drug-likeness (QED) is 0.537. The first-order valence-electron chi connectivity index (χ1n) is 6.84.